The van der Waals surface area contributed by atoms with Crippen molar-refractivity contribution in [2.45, 2.75) is 5.38 Å². The average molecular weight is 328 g/mol. The minimum absolute atomic E-state index is 0.0537. The van der Waals surface area contributed by atoms with Crippen molar-refractivity contribution in [3.63, 3.8) is 0 Å². The van der Waals surface area contributed by atoms with Crippen LogP contribution in [0.4, 0.5) is 10.1 Å². The van der Waals surface area contributed by atoms with E-state index >= 15 is 0 Å². The predicted molar refractivity (Wildman–Crippen MR) is 77.4 cm³/mol. The molecule has 2 aromatic carbocycles. The fourth-order valence-electron chi connectivity index (χ4n) is 1.82. The number of ketones is 1. The summed E-state index contributed by atoms with van der Waals surface area (Å²) in [5.41, 5.74) is -0.342. The molecule has 0 fully saturated rings. The molecule has 1 unspecified atom stereocenters. The number of carbonyl (C=O) groups excluding carboxylic acids is 1. The van der Waals surface area contributed by atoms with Crippen molar-refractivity contribution in [1.82, 2.24) is 0 Å². The first-order chi connectivity index (χ1) is 9.91. The minimum Gasteiger partial charge on any atom is -0.292 e. The van der Waals surface area contributed by atoms with Gasteiger partial charge in [-0.2, -0.15) is 0 Å². The summed E-state index contributed by atoms with van der Waals surface area (Å²) in [4.78, 5) is 22.6. The summed E-state index contributed by atoms with van der Waals surface area (Å²) in [5.74, 6) is -1.18. The predicted octanol–water partition coefficient (Wildman–Crippen LogP) is 4.55. The summed E-state index contributed by atoms with van der Waals surface area (Å²) >= 11 is 11.9. The quantitative estimate of drug-likeness (QED) is 0.358. The molecular weight excluding hydrogens is 320 g/mol. The first-order valence-electron chi connectivity index (χ1n) is 5.78. The maximum absolute atomic E-state index is 12.9. The normalized spacial score (nSPS) is 12.0. The van der Waals surface area contributed by atoms with Crippen molar-refractivity contribution in [2.75, 3.05) is 0 Å². The minimum atomic E-state index is -1.19. The Balaban J connectivity index is 2.45. The Kier molecular flexibility index (Phi) is 4.55. The number of carbonyl (C=O) groups is 1. The second kappa shape index (κ2) is 6.20. The second-order valence-corrected chi connectivity index (χ2v) is 5.01. The van der Waals surface area contributed by atoms with E-state index in [0.717, 1.165) is 12.1 Å². The fourth-order valence-corrected chi connectivity index (χ4v) is 2.34. The molecule has 0 aliphatic heterocycles. The van der Waals surface area contributed by atoms with E-state index in [-0.39, 0.29) is 10.6 Å². The van der Waals surface area contributed by atoms with Crippen molar-refractivity contribution in [3.8, 4) is 0 Å². The molecule has 0 heterocycles. The van der Waals surface area contributed by atoms with Crippen LogP contribution in [0.3, 0.4) is 0 Å². The number of halogens is 3. The Hall–Kier alpha value is -1.98. The Bertz CT molecular complexity index is 704. The number of benzene rings is 2. The van der Waals surface area contributed by atoms with E-state index in [4.69, 9.17) is 23.2 Å². The number of hydrogen-bond acceptors (Lipinski definition) is 3. The molecule has 2 aromatic rings. The number of rotatable bonds is 4. The largest absolute Gasteiger partial charge is 0.292 e. The van der Waals surface area contributed by atoms with Gasteiger partial charge < -0.3 is 0 Å². The van der Waals surface area contributed by atoms with E-state index in [1.165, 1.54) is 30.3 Å². The van der Waals surface area contributed by atoms with E-state index in [9.17, 15) is 19.3 Å². The highest BCUT2D eigenvalue weighted by atomic mass is 35.5. The lowest BCUT2D eigenvalue weighted by Crippen LogP contribution is -2.11. The number of nitro groups is 1. The monoisotopic (exact) mass is 327 g/mol. The van der Waals surface area contributed by atoms with Gasteiger partial charge in [0.1, 0.15) is 16.8 Å². The summed E-state index contributed by atoms with van der Waals surface area (Å²) < 4.78 is 12.9. The molecule has 0 saturated carbocycles. The molecule has 2 rings (SSSR count). The van der Waals surface area contributed by atoms with E-state index in [1.54, 1.807) is 0 Å². The van der Waals surface area contributed by atoms with E-state index < -0.39 is 27.6 Å². The molecule has 0 spiro atoms. The molecule has 0 aromatic heterocycles. The van der Waals surface area contributed by atoms with Crippen LogP contribution in [-0.2, 0) is 0 Å². The molecule has 4 nitrogen and oxygen atoms in total. The van der Waals surface area contributed by atoms with Crippen LogP contribution >= 0.6 is 23.2 Å². The third-order valence-electron chi connectivity index (χ3n) is 2.83. The maximum Gasteiger partial charge on any atom is 0.281 e. The molecule has 0 bridgehead atoms. The van der Waals surface area contributed by atoms with Gasteiger partial charge in [-0.15, -0.1) is 11.6 Å². The topological polar surface area (TPSA) is 60.2 Å². The SMILES string of the molecule is O=C(c1c(Cl)cccc1[N+](=O)[O-])C(Cl)c1ccc(F)cc1. The van der Waals surface area contributed by atoms with Gasteiger partial charge in [-0.1, -0.05) is 29.8 Å². The highest BCUT2D eigenvalue weighted by molar-refractivity contribution is 6.39. The van der Waals surface area contributed by atoms with Gasteiger partial charge in [0.05, 0.1) is 9.95 Å². The highest BCUT2D eigenvalue weighted by Crippen LogP contribution is 2.33. The van der Waals surface area contributed by atoms with Crippen LogP contribution in [0.5, 0.6) is 0 Å². The number of nitro benzene ring substituents is 1. The number of nitrogens with zero attached hydrogens (tertiary/aromatic N) is 1. The Morgan fingerprint density at radius 3 is 2.38 bits per heavy atom. The Morgan fingerprint density at radius 2 is 1.81 bits per heavy atom. The van der Waals surface area contributed by atoms with Gasteiger partial charge >= 0.3 is 0 Å². The number of alkyl halides is 1. The van der Waals surface area contributed by atoms with Gasteiger partial charge in [0.25, 0.3) is 5.69 Å². The van der Waals surface area contributed by atoms with Gasteiger partial charge in [-0.25, -0.2) is 4.39 Å². The van der Waals surface area contributed by atoms with E-state index in [2.05, 4.69) is 0 Å². The zero-order chi connectivity index (χ0) is 15.6. The smallest absolute Gasteiger partial charge is 0.281 e. The number of hydrogen-bond donors (Lipinski definition) is 0. The lowest BCUT2D eigenvalue weighted by atomic mass is 10.0. The van der Waals surface area contributed by atoms with E-state index in [0.29, 0.717) is 5.56 Å². The summed E-state index contributed by atoms with van der Waals surface area (Å²) in [7, 11) is 0. The lowest BCUT2D eigenvalue weighted by Gasteiger charge is -2.10. The maximum atomic E-state index is 12.9. The lowest BCUT2D eigenvalue weighted by molar-refractivity contribution is -0.385. The summed E-state index contributed by atoms with van der Waals surface area (Å²) in [5, 5.41) is 9.74. The average Bonchev–Trinajstić information content (AvgIpc) is 2.46. The standard InChI is InChI=1S/C14H8Cl2FNO3/c15-10-2-1-3-11(18(20)21)12(10)14(19)13(16)8-4-6-9(17)7-5-8/h1-7,13H. The van der Waals surface area contributed by atoms with Gasteiger partial charge in [0, 0.05) is 6.07 Å². The molecule has 0 aliphatic rings. The molecular formula is C14H8Cl2FNO3. The van der Waals surface area contributed by atoms with Crippen LogP contribution in [0.2, 0.25) is 5.02 Å². The summed E-state index contributed by atoms with van der Waals surface area (Å²) in [6.45, 7) is 0. The van der Waals surface area contributed by atoms with Crippen molar-refractivity contribution >= 4 is 34.7 Å². The molecule has 1 atom stereocenters. The van der Waals surface area contributed by atoms with Gasteiger partial charge in [-0.3, -0.25) is 14.9 Å². The molecule has 0 radical (unpaired) electrons. The van der Waals surface area contributed by atoms with Crippen molar-refractivity contribution in [3.05, 3.63) is 74.5 Å². The molecule has 21 heavy (non-hydrogen) atoms. The zero-order valence-corrected chi connectivity index (χ0v) is 11.9. The van der Waals surface area contributed by atoms with Crippen molar-refractivity contribution in [1.29, 1.82) is 0 Å². The van der Waals surface area contributed by atoms with Gasteiger partial charge in [0.2, 0.25) is 0 Å². The zero-order valence-electron chi connectivity index (χ0n) is 10.4. The van der Waals surface area contributed by atoms with Gasteiger partial charge in [-0.05, 0) is 23.8 Å². The van der Waals surface area contributed by atoms with Crippen LogP contribution in [0.15, 0.2) is 42.5 Å². The van der Waals surface area contributed by atoms with E-state index in [1.807, 2.05) is 0 Å². The highest BCUT2D eigenvalue weighted by Gasteiger charge is 2.29. The molecule has 0 saturated heterocycles. The van der Waals surface area contributed by atoms with Crippen molar-refractivity contribution < 1.29 is 14.1 Å². The molecule has 7 heteroatoms. The molecule has 108 valence electrons. The van der Waals surface area contributed by atoms with Crippen LogP contribution in [0.25, 0.3) is 0 Å². The van der Waals surface area contributed by atoms with Crippen LogP contribution in [0.1, 0.15) is 21.3 Å². The third kappa shape index (κ3) is 3.20. The first-order valence-corrected chi connectivity index (χ1v) is 6.60. The number of Topliss-reactive ketones (excluding diaryl/α,β-unsaturated/α-hetero) is 1. The second-order valence-electron chi connectivity index (χ2n) is 4.17. The molecule has 0 aliphatic carbocycles. The Labute approximate surface area is 129 Å². The van der Waals surface area contributed by atoms with Crippen molar-refractivity contribution in [2.24, 2.45) is 0 Å². The summed E-state index contributed by atoms with van der Waals surface area (Å²) in [6.07, 6.45) is 0. The van der Waals surface area contributed by atoms with Crippen LogP contribution in [-0.4, -0.2) is 10.7 Å². The molecule has 0 N–H and O–H groups in total. The Morgan fingerprint density at radius 1 is 1.19 bits per heavy atom. The van der Waals surface area contributed by atoms with Gasteiger partial charge in [0.15, 0.2) is 5.78 Å². The van der Waals surface area contributed by atoms with Crippen LogP contribution in [0, 0.1) is 15.9 Å². The summed E-state index contributed by atoms with van der Waals surface area (Å²) in [6, 6.07) is 8.90. The van der Waals surface area contributed by atoms with Crippen LogP contribution < -0.4 is 0 Å². The third-order valence-corrected chi connectivity index (χ3v) is 3.59. The first kappa shape index (κ1) is 15.4. The molecule has 0 amide bonds. The fraction of sp³-hybridized carbons (Fsp3) is 0.0714.